The molecule has 0 radical (unpaired) electrons. The van der Waals surface area contributed by atoms with Gasteiger partial charge in [0.15, 0.2) is 6.10 Å². The fraction of sp³-hybridized carbons (Fsp3) is 0.222. The molecule has 0 bridgehead atoms. The second-order valence-electron chi connectivity index (χ2n) is 5.69. The van der Waals surface area contributed by atoms with Crippen molar-refractivity contribution in [3.63, 3.8) is 0 Å². The summed E-state index contributed by atoms with van der Waals surface area (Å²) >= 11 is 0. The first-order valence-corrected chi connectivity index (χ1v) is 7.89. The molecule has 7 nitrogen and oxygen atoms in total. The molecular weight excluding hydrogens is 322 g/mol. The number of amides is 2. The van der Waals surface area contributed by atoms with Crippen LogP contribution in [0.4, 0.5) is 5.69 Å². The second kappa shape index (κ2) is 7.12. The van der Waals surface area contributed by atoms with Crippen LogP contribution >= 0.6 is 0 Å². The maximum Gasteiger partial charge on any atom is 0.355 e. The monoisotopic (exact) mass is 339 g/mol. The van der Waals surface area contributed by atoms with Crippen molar-refractivity contribution in [2.45, 2.75) is 25.9 Å². The number of nitrogens with zero attached hydrogens (tertiary/aromatic N) is 1. The van der Waals surface area contributed by atoms with Crippen LogP contribution in [0.25, 0.3) is 10.8 Å². The highest BCUT2D eigenvalue weighted by Gasteiger charge is 2.24. The van der Waals surface area contributed by atoms with Gasteiger partial charge in [-0.1, -0.05) is 30.3 Å². The average molecular weight is 339 g/mol. The Labute approximate surface area is 144 Å². The van der Waals surface area contributed by atoms with Crippen LogP contribution in [0.1, 0.15) is 19.8 Å². The number of anilines is 1. The quantitative estimate of drug-likeness (QED) is 0.832. The Balaban J connectivity index is 1.61. The van der Waals surface area contributed by atoms with Crippen LogP contribution in [0.3, 0.4) is 0 Å². The Bertz CT molecular complexity index is 876. The lowest BCUT2D eigenvalue weighted by molar-refractivity contribution is -0.146. The third kappa shape index (κ3) is 4.00. The summed E-state index contributed by atoms with van der Waals surface area (Å²) in [5, 5.41) is 8.44. The fourth-order valence-corrected chi connectivity index (χ4v) is 2.41. The topological polar surface area (TPSA) is 96.9 Å². The van der Waals surface area contributed by atoms with Gasteiger partial charge >= 0.3 is 5.97 Å². The number of hydrogen-bond donors (Lipinski definition) is 2. The van der Waals surface area contributed by atoms with Crippen LogP contribution in [-0.2, 0) is 19.1 Å². The highest BCUT2D eigenvalue weighted by Crippen LogP contribution is 2.19. The average Bonchev–Trinajstić information content (AvgIpc) is 2.62. The Morgan fingerprint density at radius 2 is 1.92 bits per heavy atom. The lowest BCUT2D eigenvalue weighted by Crippen LogP contribution is -2.35. The summed E-state index contributed by atoms with van der Waals surface area (Å²) in [5.41, 5.74) is 2.94. The van der Waals surface area contributed by atoms with Gasteiger partial charge in [-0.25, -0.2) is 10.2 Å². The number of fused-ring (bicyclic) bond motifs is 1. The fourth-order valence-electron chi connectivity index (χ4n) is 2.41. The van der Waals surface area contributed by atoms with Crippen molar-refractivity contribution in [1.29, 1.82) is 0 Å². The van der Waals surface area contributed by atoms with Gasteiger partial charge in [-0.15, -0.1) is 0 Å². The molecule has 1 aliphatic rings. The molecule has 1 aliphatic heterocycles. The zero-order chi connectivity index (χ0) is 17.8. The van der Waals surface area contributed by atoms with E-state index < -0.39 is 18.0 Å². The van der Waals surface area contributed by atoms with Crippen LogP contribution in [0, 0.1) is 0 Å². The Hall–Kier alpha value is -3.22. The molecule has 2 amide bonds. The normalized spacial score (nSPS) is 15.1. The number of carbonyl (C=O) groups excluding carboxylic acids is 3. The van der Waals surface area contributed by atoms with Gasteiger partial charge < -0.3 is 10.1 Å². The molecule has 25 heavy (non-hydrogen) atoms. The molecule has 2 N–H and O–H groups in total. The van der Waals surface area contributed by atoms with Gasteiger partial charge in [0.25, 0.3) is 5.91 Å². The third-order valence-electron chi connectivity index (χ3n) is 3.81. The molecule has 0 spiro atoms. The molecule has 2 aromatic rings. The van der Waals surface area contributed by atoms with E-state index in [0.717, 1.165) is 10.8 Å². The van der Waals surface area contributed by atoms with Gasteiger partial charge in [0.2, 0.25) is 5.91 Å². The Morgan fingerprint density at radius 1 is 1.16 bits per heavy atom. The van der Waals surface area contributed by atoms with Crippen molar-refractivity contribution in [2.24, 2.45) is 5.10 Å². The summed E-state index contributed by atoms with van der Waals surface area (Å²) < 4.78 is 5.11. The zero-order valence-corrected chi connectivity index (χ0v) is 13.6. The van der Waals surface area contributed by atoms with Crippen molar-refractivity contribution in [3.8, 4) is 0 Å². The molecule has 0 saturated heterocycles. The van der Waals surface area contributed by atoms with E-state index in [1.807, 2.05) is 36.4 Å². The van der Waals surface area contributed by atoms with E-state index in [1.165, 1.54) is 6.92 Å². The Morgan fingerprint density at radius 3 is 2.64 bits per heavy atom. The SMILES string of the molecule is C[C@@H](OC(=O)C1=NNC(=O)CC1)C(=O)Nc1ccc2ccccc2c1. The van der Waals surface area contributed by atoms with Crippen LogP contribution in [0.2, 0.25) is 0 Å². The molecule has 7 heteroatoms. The molecule has 1 heterocycles. The van der Waals surface area contributed by atoms with Gasteiger partial charge in [0, 0.05) is 18.5 Å². The minimum Gasteiger partial charge on any atom is -0.448 e. The maximum atomic E-state index is 12.2. The predicted octanol–water partition coefficient (Wildman–Crippen LogP) is 1.98. The molecule has 0 fully saturated rings. The highest BCUT2D eigenvalue weighted by molar-refractivity contribution is 6.37. The van der Waals surface area contributed by atoms with E-state index in [-0.39, 0.29) is 24.5 Å². The molecule has 2 aromatic carbocycles. The van der Waals surface area contributed by atoms with Gasteiger partial charge in [-0.05, 0) is 29.8 Å². The van der Waals surface area contributed by atoms with Crippen molar-refractivity contribution in [1.82, 2.24) is 5.43 Å². The van der Waals surface area contributed by atoms with Crippen LogP contribution in [0.15, 0.2) is 47.6 Å². The molecule has 3 rings (SSSR count). The first-order valence-electron chi connectivity index (χ1n) is 7.89. The molecule has 0 aliphatic carbocycles. The van der Waals surface area contributed by atoms with Crippen LogP contribution in [0.5, 0.6) is 0 Å². The summed E-state index contributed by atoms with van der Waals surface area (Å²) in [7, 11) is 0. The van der Waals surface area contributed by atoms with E-state index in [1.54, 1.807) is 6.07 Å². The van der Waals surface area contributed by atoms with Crippen molar-refractivity contribution in [3.05, 3.63) is 42.5 Å². The van der Waals surface area contributed by atoms with Crippen molar-refractivity contribution >= 4 is 40.0 Å². The predicted molar refractivity (Wildman–Crippen MR) is 92.9 cm³/mol. The van der Waals surface area contributed by atoms with E-state index in [9.17, 15) is 14.4 Å². The van der Waals surface area contributed by atoms with Crippen LogP contribution < -0.4 is 10.7 Å². The number of esters is 1. The van der Waals surface area contributed by atoms with Crippen molar-refractivity contribution < 1.29 is 19.1 Å². The van der Waals surface area contributed by atoms with Crippen LogP contribution in [-0.4, -0.2) is 29.6 Å². The second-order valence-corrected chi connectivity index (χ2v) is 5.69. The summed E-state index contributed by atoms with van der Waals surface area (Å²) in [4.78, 5) is 35.2. The van der Waals surface area contributed by atoms with Crippen molar-refractivity contribution in [2.75, 3.05) is 5.32 Å². The Kier molecular flexibility index (Phi) is 4.74. The largest absolute Gasteiger partial charge is 0.448 e. The lowest BCUT2D eigenvalue weighted by atomic mass is 10.1. The van der Waals surface area contributed by atoms with E-state index >= 15 is 0 Å². The third-order valence-corrected chi connectivity index (χ3v) is 3.81. The van der Waals surface area contributed by atoms with Gasteiger partial charge in [-0.2, -0.15) is 5.10 Å². The van der Waals surface area contributed by atoms with Gasteiger partial charge in [0.1, 0.15) is 5.71 Å². The van der Waals surface area contributed by atoms with Gasteiger partial charge in [0.05, 0.1) is 0 Å². The zero-order valence-electron chi connectivity index (χ0n) is 13.6. The summed E-state index contributed by atoms with van der Waals surface area (Å²) in [6.07, 6.45) is -0.616. The number of benzene rings is 2. The lowest BCUT2D eigenvalue weighted by Gasteiger charge is -2.16. The van der Waals surface area contributed by atoms with E-state index in [2.05, 4.69) is 15.8 Å². The summed E-state index contributed by atoms with van der Waals surface area (Å²) in [6.45, 7) is 1.48. The minimum absolute atomic E-state index is 0.102. The first kappa shape index (κ1) is 16.6. The molecule has 128 valence electrons. The van der Waals surface area contributed by atoms with Gasteiger partial charge in [-0.3, -0.25) is 9.59 Å². The maximum absolute atomic E-state index is 12.2. The molecule has 1 atom stereocenters. The number of hydrazone groups is 1. The highest BCUT2D eigenvalue weighted by atomic mass is 16.5. The molecular formula is C18H17N3O4. The molecule has 0 aromatic heterocycles. The first-order chi connectivity index (χ1) is 12.0. The smallest absolute Gasteiger partial charge is 0.355 e. The summed E-state index contributed by atoms with van der Waals surface area (Å²) in [6, 6.07) is 13.3. The summed E-state index contributed by atoms with van der Waals surface area (Å²) in [5.74, 6) is -1.40. The molecule has 0 unspecified atom stereocenters. The number of carbonyl (C=O) groups is 3. The molecule has 0 saturated carbocycles. The van der Waals surface area contributed by atoms with E-state index in [4.69, 9.17) is 4.74 Å². The number of ether oxygens (including phenoxy) is 1. The standard InChI is InChI=1S/C18H17N3O4/c1-11(25-18(24)15-8-9-16(22)21-20-15)17(23)19-14-7-6-12-4-2-3-5-13(12)10-14/h2-7,10-11H,8-9H2,1H3,(H,19,23)(H,21,22)/t11-/m1/s1. The number of rotatable bonds is 4. The number of hydrogen-bond acceptors (Lipinski definition) is 5. The number of nitrogens with one attached hydrogen (secondary N) is 2. The van der Waals surface area contributed by atoms with E-state index in [0.29, 0.717) is 5.69 Å². The minimum atomic E-state index is -0.987.